The van der Waals surface area contributed by atoms with Gasteiger partial charge in [-0.25, -0.2) is 0 Å². The van der Waals surface area contributed by atoms with Crippen molar-refractivity contribution in [1.82, 2.24) is 5.32 Å². The summed E-state index contributed by atoms with van der Waals surface area (Å²) in [5.74, 6) is 0.913. The molecule has 0 unspecified atom stereocenters. The normalized spacial score (nSPS) is 10.0. The molecule has 1 N–H and O–H groups in total. The second-order valence-corrected chi connectivity index (χ2v) is 6.17. The summed E-state index contributed by atoms with van der Waals surface area (Å²) in [4.78, 5) is 0. The Morgan fingerprint density at radius 1 is 1.05 bits per heavy atom. The molecule has 0 aromatic heterocycles. The molecule has 0 amide bonds. The van der Waals surface area contributed by atoms with Crippen molar-refractivity contribution in [2.45, 2.75) is 20.0 Å². The molecule has 5 heteroatoms. The van der Waals surface area contributed by atoms with Crippen molar-refractivity contribution in [2.75, 3.05) is 6.61 Å². The number of hydrogen-bond donors (Lipinski definition) is 1. The van der Waals surface area contributed by atoms with E-state index in [9.17, 15) is 0 Å². The van der Waals surface area contributed by atoms with Gasteiger partial charge in [-0.3, -0.25) is 0 Å². The maximum atomic E-state index is 5.72. The van der Waals surface area contributed by atoms with Crippen LogP contribution in [-0.2, 0) is 13.1 Å². The Labute approximate surface area is 148 Å². The van der Waals surface area contributed by atoms with Crippen LogP contribution in [0.25, 0.3) is 0 Å². The van der Waals surface area contributed by atoms with Gasteiger partial charge in [0.05, 0.1) is 11.1 Å². The predicted octanol–water partition coefficient (Wildman–Crippen LogP) is 5.32. The first kappa shape index (κ1) is 18.5. The summed E-state index contributed by atoms with van der Waals surface area (Å²) >= 11 is 7.07. The van der Waals surface area contributed by atoms with Crippen molar-refractivity contribution in [1.29, 1.82) is 0 Å². The summed E-state index contributed by atoms with van der Waals surface area (Å²) in [6, 6.07) is 14.5. The van der Waals surface area contributed by atoms with Crippen LogP contribution in [0.15, 0.2) is 51.4 Å². The molecule has 0 heterocycles. The summed E-state index contributed by atoms with van der Waals surface area (Å²) in [7, 11) is 0. The van der Waals surface area contributed by atoms with Gasteiger partial charge in [0.1, 0.15) is 5.75 Å². The SMILES string of the molecule is CCOc1c(Br)cc(Br)cc1CNCc1ccccc1.Cl. The van der Waals surface area contributed by atoms with E-state index in [1.54, 1.807) is 0 Å². The quantitative estimate of drug-likeness (QED) is 0.663. The molecule has 0 saturated carbocycles. The average Bonchev–Trinajstić information content (AvgIpc) is 2.43. The molecule has 0 saturated heterocycles. The van der Waals surface area contributed by atoms with Gasteiger partial charge in [-0.15, -0.1) is 12.4 Å². The lowest BCUT2D eigenvalue weighted by atomic mass is 10.2. The summed E-state index contributed by atoms with van der Waals surface area (Å²) in [6.07, 6.45) is 0. The van der Waals surface area contributed by atoms with Gasteiger partial charge in [-0.1, -0.05) is 46.3 Å². The van der Waals surface area contributed by atoms with Crippen molar-refractivity contribution in [3.63, 3.8) is 0 Å². The summed E-state index contributed by atoms with van der Waals surface area (Å²) in [6.45, 7) is 4.26. The maximum Gasteiger partial charge on any atom is 0.138 e. The highest BCUT2D eigenvalue weighted by Gasteiger charge is 2.09. The fourth-order valence-corrected chi connectivity index (χ4v) is 3.42. The minimum atomic E-state index is 0. The standard InChI is InChI=1S/C16H17Br2NO.ClH/c1-2-20-16-13(8-14(17)9-15(16)18)11-19-10-12-6-4-3-5-7-12;/h3-9,19H,2,10-11H2,1H3;1H. The van der Waals surface area contributed by atoms with Crippen LogP contribution in [0.3, 0.4) is 0 Å². The van der Waals surface area contributed by atoms with Crippen molar-refractivity contribution in [3.05, 3.63) is 62.5 Å². The highest BCUT2D eigenvalue weighted by Crippen LogP contribution is 2.33. The monoisotopic (exact) mass is 433 g/mol. The molecule has 2 rings (SSSR count). The van der Waals surface area contributed by atoms with Crippen LogP contribution >= 0.6 is 44.3 Å². The van der Waals surface area contributed by atoms with E-state index in [0.717, 1.165) is 33.3 Å². The average molecular weight is 436 g/mol. The first-order valence-electron chi connectivity index (χ1n) is 6.56. The van der Waals surface area contributed by atoms with Crippen LogP contribution in [0.2, 0.25) is 0 Å². The zero-order valence-corrected chi connectivity index (χ0v) is 15.7. The van der Waals surface area contributed by atoms with E-state index in [-0.39, 0.29) is 12.4 Å². The lowest BCUT2D eigenvalue weighted by Crippen LogP contribution is -2.14. The smallest absolute Gasteiger partial charge is 0.138 e. The van der Waals surface area contributed by atoms with E-state index >= 15 is 0 Å². The highest BCUT2D eigenvalue weighted by atomic mass is 79.9. The third kappa shape index (κ3) is 5.62. The Morgan fingerprint density at radius 3 is 2.43 bits per heavy atom. The van der Waals surface area contributed by atoms with E-state index in [2.05, 4.69) is 67.5 Å². The zero-order valence-electron chi connectivity index (χ0n) is 11.7. The van der Waals surface area contributed by atoms with Gasteiger partial charge < -0.3 is 10.1 Å². The number of hydrogen-bond acceptors (Lipinski definition) is 2. The maximum absolute atomic E-state index is 5.72. The highest BCUT2D eigenvalue weighted by molar-refractivity contribution is 9.11. The molecular weight excluding hydrogens is 417 g/mol. The first-order valence-corrected chi connectivity index (χ1v) is 8.14. The number of nitrogens with one attached hydrogen (secondary N) is 1. The van der Waals surface area contributed by atoms with Gasteiger partial charge in [0.2, 0.25) is 0 Å². The second kappa shape index (κ2) is 9.46. The van der Waals surface area contributed by atoms with Gasteiger partial charge in [0, 0.05) is 23.1 Å². The van der Waals surface area contributed by atoms with E-state index in [1.807, 2.05) is 19.1 Å². The van der Waals surface area contributed by atoms with E-state index in [1.165, 1.54) is 5.56 Å². The molecule has 2 aromatic carbocycles. The molecule has 0 aliphatic carbocycles. The van der Waals surface area contributed by atoms with Gasteiger partial charge in [-0.05, 0) is 40.5 Å². The molecular formula is C16H18Br2ClNO. The Kier molecular flexibility index (Phi) is 8.34. The van der Waals surface area contributed by atoms with Crippen LogP contribution in [-0.4, -0.2) is 6.61 Å². The van der Waals surface area contributed by atoms with Gasteiger partial charge in [0.25, 0.3) is 0 Å². The van der Waals surface area contributed by atoms with Gasteiger partial charge in [-0.2, -0.15) is 0 Å². The number of benzene rings is 2. The van der Waals surface area contributed by atoms with Crippen molar-refractivity contribution < 1.29 is 4.74 Å². The van der Waals surface area contributed by atoms with Crippen LogP contribution in [0.5, 0.6) is 5.75 Å². The third-order valence-corrected chi connectivity index (χ3v) is 3.91. The summed E-state index contributed by atoms with van der Waals surface area (Å²) < 4.78 is 7.74. The molecule has 2 aromatic rings. The fraction of sp³-hybridized carbons (Fsp3) is 0.250. The first-order chi connectivity index (χ1) is 9.70. The molecule has 0 atom stereocenters. The Hall–Kier alpha value is -0.550. The largest absolute Gasteiger partial charge is 0.492 e. The van der Waals surface area contributed by atoms with Gasteiger partial charge in [0.15, 0.2) is 0 Å². The van der Waals surface area contributed by atoms with Crippen molar-refractivity contribution in [3.8, 4) is 5.75 Å². The Balaban J connectivity index is 0.00000220. The fourth-order valence-electron chi connectivity index (χ4n) is 1.99. The lowest BCUT2D eigenvalue weighted by molar-refractivity contribution is 0.333. The minimum Gasteiger partial charge on any atom is -0.492 e. The zero-order chi connectivity index (χ0) is 14.4. The molecule has 0 spiro atoms. The molecule has 0 aliphatic rings. The molecule has 0 fully saturated rings. The van der Waals surface area contributed by atoms with Crippen molar-refractivity contribution in [2.24, 2.45) is 0 Å². The molecule has 0 radical (unpaired) electrons. The minimum absolute atomic E-state index is 0. The van der Waals surface area contributed by atoms with E-state index < -0.39 is 0 Å². The molecule has 114 valence electrons. The van der Waals surface area contributed by atoms with Crippen LogP contribution in [0.4, 0.5) is 0 Å². The number of halogens is 3. The van der Waals surface area contributed by atoms with Crippen LogP contribution in [0, 0.1) is 0 Å². The van der Waals surface area contributed by atoms with Crippen LogP contribution in [0.1, 0.15) is 18.1 Å². The van der Waals surface area contributed by atoms with Crippen molar-refractivity contribution >= 4 is 44.3 Å². The summed E-state index contributed by atoms with van der Waals surface area (Å²) in [5, 5.41) is 3.45. The number of rotatable bonds is 6. The number of ether oxygens (including phenoxy) is 1. The van der Waals surface area contributed by atoms with Crippen LogP contribution < -0.4 is 10.1 Å². The Bertz CT molecular complexity index is 564. The molecule has 0 bridgehead atoms. The Morgan fingerprint density at radius 2 is 1.76 bits per heavy atom. The van der Waals surface area contributed by atoms with E-state index in [0.29, 0.717) is 6.61 Å². The summed E-state index contributed by atoms with van der Waals surface area (Å²) in [5.41, 5.74) is 2.42. The molecule has 0 aliphatic heterocycles. The van der Waals surface area contributed by atoms with Gasteiger partial charge >= 0.3 is 0 Å². The topological polar surface area (TPSA) is 21.3 Å². The third-order valence-electron chi connectivity index (χ3n) is 2.86. The second-order valence-electron chi connectivity index (χ2n) is 4.40. The van der Waals surface area contributed by atoms with E-state index in [4.69, 9.17) is 4.74 Å². The molecule has 21 heavy (non-hydrogen) atoms. The predicted molar refractivity (Wildman–Crippen MR) is 97.2 cm³/mol. The lowest BCUT2D eigenvalue weighted by Gasteiger charge is -2.14. The molecule has 2 nitrogen and oxygen atoms in total.